The lowest BCUT2D eigenvalue weighted by molar-refractivity contribution is 0.125. The van der Waals surface area contributed by atoms with Crippen LogP contribution >= 0.6 is 15.9 Å². The van der Waals surface area contributed by atoms with Crippen molar-refractivity contribution in [2.45, 2.75) is 18.9 Å². The van der Waals surface area contributed by atoms with Crippen LogP contribution in [0.4, 0.5) is 0 Å². The van der Waals surface area contributed by atoms with Crippen molar-refractivity contribution in [3.8, 4) is 0 Å². The molecule has 1 aliphatic rings. The van der Waals surface area contributed by atoms with Crippen molar-refractivity contribution in [3.05, 3.63) is 0 Å². The first-order chi connectivity index (χ1) is 8.10. The summed E-state index contributed by atoms with van der Waals surface area (Å²) in [4.78, 5) is 0. The molecule has 0 aromatic carbocycles. The monoisotopic (exact) mass is 329 g/mol. The van der Waals surface area contributed by atoms with E-state index in [0.717, 1.165) is 12.8 Å². The molecule has 0 aromatic heterocycles. The van der Waals surface area contributed by atoms with Gasteiger partial charge in [0.1, 0.15) is 0 Å². The zero-order chi connectivity index (χ0) is 12.7. The standard InChI is InChI=1S/C10H20BrNO4S/c1-15-8-6-12(5-4-11)17(13,14)9-10-3-2-7-16-10/h10H,2-9H2,1H3. The molecule has 5 nitrogen and oxygen atoms in total. The maximum Gasteiger partial charge on any atom is 0.216 e. The molecule has 0 bridgehead atoms. The van der Waals surface area contributed by atoms with E-state index in [1.54, 1.807) is 7.11 Å². The topological polar surface area (TPSA) is 55.8 Å². The Bertz CT molecular complexity index is 303. The van der Waals surface area contributed by atoms with Gasteiger partial charge in [0.15, 0.2) is 0 Å². The van der Waals surface area contributed by atoms with E-state index < -0.39 is 10.0 Å². The molecule has 1 aliphatic heterocycles. The SMILES string of the molecule is COCCN(CCBr)S(=O)(=O)CC1CCCO1. The zero-order valence-corrected chi connectivity index (χ0v) is 12.5. The fourth-order valence-corrected chi connectivity index (χ4v) is 4.12. The molecule has 0 spiro atoms. The van der Waals surface area contributed by atoms with Crippen LogP contribution in [0.5, 0.6) is 0 Å². The number of hydrogen-bond acceptors (Lipinski definition) is 4. The van der Waals surface area contributed by atoms with Crippen LogP contribution in [0.2, 0.25) is 0 Å². The number of ether oxygens (including phenoxy) is 2. The van der Waals surface area contributed by atoms with Crippen molar-refractivity contribution in [1.29, 1.82) is 0 Å². The number of methoxy groups -OCH3 is 1. The lowest BCUT2D eigenvalue weighted by Crippen LogP contribution is -2.39. The molecule has 1 heterocycles. The van der Waals surface area contributed by atoms with E-state index >= 15 is 0 Å². The molecule has 0 aromatic rings. The number of rotatable bonds is 8. The zero-order valence-electron chi connectivity index (χ0n) is 10.1. The van der Waals surface area contributed by atoms with E-state index in [4.69, 9.17) is 9.47 Å². The Labute approximate surface area is 112 Å². The third-order valence-electron chi connectivity index (χ3n) is 2.69. The van der Waals surface area contributed by atoms with Gasteiger partial charge in [0.05, 0.1) is 18.5 Å². The van der Waals surface area contributed by atoms with Gasteiger partial charge in [0, 0.05) is 32.1 Å². The highest BCUT2D eigenvalue weighted by atomic mass is 79.9. The minimum Gasteiger partial charge on any atom is -0.383 e. The fraction of sp³-hybridized carbons (Fsp3) is 1.00. The van der Waals surface area contributed by atoms with Crippen molar-refractivity contribution in [1.82, 2.24) is 4.31 Å². The van der Waals surface area contributed by atoms with Crippen LogP contribution < -0.4 is 0 Å². The molecule has 102 valence electrons. The van der Waals surface area contributed by atoms with Crippen LogP contribution in [0.25, 0.3) is 0 Å². The van der Waals surface area contributed by atoms with Gasteiger partial charge < -0.3 is 9.47 Å². The van der Waals surface area contributed by atoms with Gasteiger partial charge in [-0.15, -0.1) is 0 Å². The Morgan fingerprint density at radius 3 is 2.76 bits per heavy atom. The maximum absolute atomic E-state index is 12.2. The second-order valence-electron chi connectivity index (χ2n) is 3.99. The van der Waals surface area contributed by atoms with Gasteiger partial charge in [-0.3, -0.25) is 0 Å². The fourth-order valence-electron chi connectivity index (χ4n) is 1.79. The summed E-state index contributed by atoms with van der Waals surface area (Å²) in [5.74, 6) is 0.0870. The summed E-state index contributed by atoms with van der Waals surface area (Å²) in [6.45, 7) is 1.96. The van der Waals surface area contributed by atoms with Crippen molar-refractivity contribution in [2.75, 3.05) is 44.5 Å². The van der Waals surface area contributed by atoms with Gasteiger partial charge in [0.2, 0.25) is 10.0 Å². The minimum absolute atomic E-state index is 0.0870. The first kappa shape index (κ1) is 15.4. The van der Waals surface area contributed by atoms with Gasteiger partial charge >= 0.3 is 0 Å². The Morgan fingerprint density at radius 2 is 2.24 bits per heavy atom. The van der Waals surface area contributed by atoms with Crippen molar-refractivity contribution < 1.29 is 17.9 Å². The first-order valence-corrected chi connectivity index (χ1v) is 8.47. The number of alkyl halides is 1. The molecular weight excluding hydrogens is 310 g/mol. The van der Waals surface area contributed by atoms with Crippen LogP contribution in [-0.4, -0.2) is 63.3 Å². The molecule has 1 rings (SSSR count). The van der Waals surface area contributed by atoms with E-state index in [9.17, 15) is 8.42 Å². The Morgan fingerprint density at radius 1 is 1.47 bits per heavy atom. The van der Waals surface area contributed by atoms with Gasteiger partial charge in [-0.05, 0) is 12.8 Å². The van der Waals surface area contributed by atoms with Crippen molar-refractivity contribution in [3.63, 3.8) is 0 Å². The molecule has 1 atom stereocenters. The highest BCUT2D eigenvalue weighted by Crippen LogP contribution is 2.16. The summed E-state index contributed by atoms with van der Waals surface area (Å²) in [5, 5.41) is 0.626. The number of nitrogens with zero attached hydrogens (tertiary/aromatic N) is 1. The third-order valence-corrected chi connectivity index (χ3v) is 4.99. The van der Waals surface area contributed by atoms with E-state index in [-0.39, 0.29) is 11.9 Å². The first-order valence-electron chi connectivity index (χ1n) is 5.74. The smallest absolute Gasteiger partial charge is 0.216 e. The van der Waals surface area contributed by atoms with Crippen molar-refractivity contribution in [2.24, 2.45) is 0 Å². The van der Waals surface area contributed by atoms with Crippen LogP contribution in [-0.2, 0) is 19.5 Å². The van der Waals surface area contributed by atoms with Crippen LogP contribution in [0, 0.1) is 0 Å². The molecular formula is C10H20BrNO4S. The normalized spacial score (nSPS) is 21.2. The molecule has 0 aliphatic carbocycles. The van der Waals surface area contributed by atoms with E-state index in [0.29, 0.717) is 31.6 Å². The molecule has 0 saturated carbocycles. The maximum atomic E-state index is 12.2. The predicted molar refractivity (Wildman–Crippen MR) is 70.0 cm³/mol. The highest BCUT2D eigenvalue weighted by Gasteiger charge is 2.28. The molecule has 1 saturated heterocycles. The highest BCUT2D eigenvalue weighted by molar-refractivity contribution is 9.09. The summed E-state index contributed by atoms with van der Waals surface area (Å²) in [7, 11) is -1.67. The largest absolute Gasteiger partial charge is 0.383 e. The Hall–Kier alpha value is 0.310. The van der Waals surface area contributed by atoms with E-state index in [1.165, 1.54) is 4.31 Å². The second kappa shape index (κ2) is 7.68. The van der Waals surface area contributed by atoms with Gasteiger partial charge in [-0.1, -0.05) is 15.9 Å². The molecule has 0 N–H and O–H groups in total. The molecule has 1 unspecified atom stereocenters. The lowest BCUT2D eigenvalue weighted by Gasteiger charge is -2.22. The van der Waals surface area contributed by atoms with E-state index in [1.807, 2.05) is 0 Å². The number of hydrogen-bond donors (Lipinski definition) is 0. The van der Waals surface area contributed by atoms with Gasteiger partial charge in [0.25, 0.3) is 0 Å². The number of halogens is 1. The Kier molecular flexibility index (Phi) is 6.94. The predicted octanol–water partition coefficient (Wildman–Crippen LogP) is 0.839. The quantitative estimate of drug-likeness (QED) is 0.619. The van der Waals surface area contributed by atoms with Crippen LogP contribution in [0.1, 0.15) is 12.8 Å². The summed E-state index contributed by atoms with van der Waals surface area (Å²) >= 11 is 3.27. The average molecular weight is 330 g/mol. The van der Waals surface area contributed by atoms with Gasteiger partial charge in [-0.2, -0.15) is 4.31 Å². The molecule has 7 heteroatoms. The lowest BCUT2D eigenvalue weighted by atomic mass is 10.3. The molecule has 17 heavy (non-hydrogen) atoms. The summed E-state index contributed by atoms with van der Waals surface area (Å²) in [5.41, 5.74) is 0. The summed E-state index contributed by atoms with van der Waals surface area (Å²) in [6.07, 6.45) is 1.66. The third kappa shape index (κ3) is 5.21. The molecule has 1 fully saturated rings. The van der Waals surface area contributed by atoms with E-state index in [2.05, 4.69) is 15.9 Å². The van der Waals surface area contributed by atoms with Crippen molar-refractivity contribution >= 4 is 26.0 Å². The summed E-state index contributed by atoms with van der Waals surface area (Å²) < 4.78 is 36.1. The Balaban J connectivity index is 2.55. The van der Waals surface area contributed by atoms with Crippen LogP contribution in [0.3, 0.4) is 0 Å². The molecule has 0 amide bonds. The minimum atomic E-state index is -3.24. The average Bonchev–Trinajstić information content (AvgIpc) is 2.75. The van der Waals surface area contributed by atoms with Crippen LogP contribution in [0.15, 0.2) is 0 Å². The molecule has 0 radical (unpaired) electrons. The second-order valence-corrected chi connectivity index (χ2v) is 6.80. The number of sulfonamides is 1. The van der Waals surface area contributed by atoms with Gasteiger partial charge in [-0.25, -0.2) is 8.42 Å². The summed E-state index contributed by atoms with van der Waals surface area (Å²) in [6, 6.07) is 0.